The highest BCUT2D eigenvalue weighted by Crippen LogP contribution is 2.69. The minimum atomic E-state index is 0.0389. The molecule has 2 heteroatoms. The molecule has 1 aliphatic heterocycles. The van der Waals surface area contributed by atoms with Crippen LogP contribution in [0.25, 0.3) is 22.3 Å². The van der Waals surface area contributed by atoms with Gasteiger partial charge in [0.1, 0.15) is 11.5 Å². The van der Waals surface area contributed by atoms with Crippen LogP contribution in [0.5, 0.6) is 11.5 Å². The second-order valence-electron chi connectivity index (χ2n) is 23.9. The smallest absolute Gasteiger partial charge is 0.139 e. The standard InChI is InChI=1S/C62H67NO/c1-58(2)28-30-60(5,6)54-37-43(20-26-50(54)58)41-16-21-46(22-17-41)63(48-25-27-51-55(38-48)61(7,8)31-29-59(51,3)4)47-23-18-42(19-24-47)49-12-11-14-53-57(49)64-56-15-10-9-13-52(56)62(53)44-33-39-32-40(35-44)36-45(62)34-39/h9-27,37-40,44-45H,28-36H2,1-8H3. The third-order valence-electron chi connectivity index (χ3n) is 18.3. The van der Waals surface area contributed by atoms with E-state index >= 15 is 0 Å². The molecule has 0 N–H and O–H groups in total. The Kier molecular flexibility index (Phi) is 8.82. The van der Waals surface area contributed by atoms with Gasteiger partial charge in [-0.05, 0) is 185 Å². The van der Waals surface area contributed by atoms with Gasteiger partial charge in [0, 0.05) is 39.2 Å². The van der Waals surface area contributed by atoms with Crippen molar-refractivity contribution in [1.82, 2.24) is 0 Å². The number of ether oxygens (including phenoxy) is 1. The number of anilines is 3. The van der Waals surface area contributed by atoms with Crippen molar-refractivity contribution in [1.29, 1.82) is 0 Å². The average molecular weight is 842 g/mol. The molecular formula is C62H67NO. The van der Waals surface area contributed by atoms with Gasteiger partial charge in [0.2, 0.25) is 0 Å². The molecule has 2 nitrogen and oxygen atoms in total. The summed E-state index contributed by atoms with van der Waals surface area (Å²) in [5.74, 6) is 5.33. The van der Waals surface area contributed by atoms with E-state index in [0.29, 0.717) is 11.8 Å². The molecule has 0 radical (unpaired) electrons. The van der Waals surface area contributed by atoms with Gasteiger partial charge >= 0.3 is 0 Å². The van der Waals surface area contributed by atoms with Gasteiger partial charge in [-0.3, -0.25) is 0 Å². The van der Waals surface area contributed by atoms with E-state index in [1.54, 1.807) is 0 Å². The monoisotopic (exact) mass is 842 g/mol. The van der Waals surface area contributed by atoms with Crippen molar-refractivity contribution in [2.75, 3.05) is 4.90 Å². The summed E-state index contributed by atoms with van der Waals surface area (Å²) in [6.45, 7) is 19.4. The molecule has 1 heterocycles. The van der Waals surface area contributed by atoms with E-state index in [-0.39, 0.29) is 27.1 Å². The van der Waals surface area contributed by atoms with Gasteiger partial charge in [0.25, 0.3) is 0 Å². The zero-order valence-electron chi connectivity index (χ0n) is 39.7. The van der Waals surface area contributed by atoms with Crippen LogP contribution in [0, 0.1) is 23.7 Å². The van der Waals surface area contributed by atoms with Gasteiger partial charge in [-0.2, -0.15) is 0 Å². The lowest BCUT2D eigenvalue weighted by atomic mass is 9.41. The first kappa shape index (κ1) is 40.4. The Hall–Kier alpha value is -5.08. The van der Waals surface area contributed by atoms with Crippen molar-refractivity contribution in [2.24, 2.45) is 23.7 Å². The SMILES string of the molecule is CC1(C)CCC(C)(C)c2cc(-c3ccc(N(c4ccc(-c5cccc6c5Oc5ccccc5C65C6CC7CC(C6)CC5C7)cc4)c4ccc5c(c4)C(C)(C)CCC5(C)C)cc3)ccc21. The number of hydrogen-bond donors (Lipinski definition) is 0. The zero-order valence-corrected chi connectivity index (χ0v) is 39.7. The second kappa shape index (κ2) is 14.0. The van der Waals surface area contributed by atoms with Crippen LogP contribution in [-0.4, -0.2) is 0 Å². The Bertz CT molecular complexity index is 2790. The second-order valence-corrected chi connectivity index (χ2v) is 23.9. The molecular weight excluding hydrogens is 775 g/mol. The normalized spacial score (nSPS) is 26.9. The average Bonchev–Trinajstić information content (AvgIpc) is 3.28. The van der Waals surface area contributed by atoms with Crippen molar-refractivity contribution in [2.45, 2.75) is 140 Å². The molecule has 326 valence electrons. The van der Waals surface area contributed by atoms with Gasteiger partial charge in [-0.15, -0.1) is 0 Å². The fourth-order valence-corrected chi connectivity index (χ4v) is 14.7. The molecule has 7 aliphatic rings. The molecule has 13 rings (SSSR count). The summed E-state index contributed by atoms with van der Waals surface area (Å²) < 4.78 is 7.09. The molecule has 4 bridgehead atoms. The summed E-state index contributed by atoms with van der Waals surface area (Å²) in [5, 5.41) is 0. The molecule has 64 heavy (non-hydrogen) atoms. The van der Waals surface area contributed by atoms with E-state index in [1.807, 2.05) is 0 Å². The predicted octanol–water partition coefficient (Wildman–Crippen LogP) is 17.0. The summed E-state index contributed by atoms with van der Waals surface area (Å²) in [5.41, 5.74) is 18.1. The van der Waals surface area contributed by atoms with Gasteiger partial charge in [-0.25, -0.2) is 0 Å². The summed E-state index contributed by atoms with van der Waals surface area (Å²) in [7, 11) is 0. The molecule has 0 unspecified atom stereocenters. The van der Waals surface area contributed by atoms with Crippen molar-refractivity contribution < 1.29 is 4.74 Å². The first-order valence-corrected chi connectivity index (χ1v) is 24.8. The lowest BCUT2D eigenvalue weighted by molar-refractivity contribution is -0.0451. The van der Waals surface area contributed by atoms with E-state index in [1.165, 1.54) is 125 Å². The van der Waals surface area contributed by atoms with Crippen LogP contribution in [0.3, 0.4) is 0 Å². The Morgan fingerprint density at radius 2 is 0.891 bits per heavy atom. The fraction of sp³-hybridized carbons (Fsp3) is 0.419. The van der Waals surface area contributed by atoms with Crippen LogP contribution in [0.1, 0.15) is 147 Å². The summed E-state index contributed by atoms with van der Waals surface area (Å²) in [6.07, 6.45) is 11.7. The van der Waals surface area contributed by atoms with Crippen LogP contribution in [-0.2, 0) is 27.1 Å². The number of hydrogen-bond acceptors (Lipinski definition) is 2. The molecule has 0 amide bonds. The highest BCUT2D eigenvalue weighted by atomic mass is 16.5. The quantitative estimate of drug-likeness (QED) is 0.171. The summed E-state index contributed by atoms with van der Waals surface area (Å²) >= 11 is 0. The first-order valence-electron chi connectivity index (χ1n) is 24.8. The highest BCUT2D eigenvalue weighted by Gasteiger charge is 2.61. The lowest BCUT2D eigenvalue weighted by Crippen LogP contribution is -2.57. The van der Waals surface area contributed by atoms with Crippen molar-refractivity contribution in [3.05, 3.63) is 161 Å². The van der Waals surface area contributed by atoms with Crippen LogP contribution in [0.4, 0.5) is 17.1 Å². The van der Waals surface area contributed by atoms with E-state index in [4.69, 9.17) is 4.74 Å². The molecule has 4 fully saturated rings. The molecule has 6 aromatic carbocycles. The molecule has 0 atom stereocenters. The highest BCUT2D eigenvalue weighted by molar-refractivity contribution is 5.83. The fourth-order valence-electron chi connectivity index (χ4n) is 14.7. The van der Waals surface area contributed by atoms with Gasteiger partial charge < -0.3 is 9.64 Å². The van der Waals surface area contributed by atoms with E-state index in [2.05, 4.69) is 188 Å². The maximum Gasteiger partial charge on any atom is 0.139 e. The summed E-state index contributed by atoms with van der Waals surface area (Å²) in [4.78, 5) is 2.49. The minimum absolute atomic E-state index is 0.0389. The van der Waals surface area contributed by atoms with Crippen molar-refractivity contribution in [3.63, 3.8) is 0 Å². The summed E-state index contributed by atoms with van der Waals surface area (Å²) in [6, 6.07) is 49.5. The zero-order chi connectivity index (χ0) is 44.0. The maximum absolute atomic E-state index is 7.09. The number of rotatable bonds is 5. The third kappa shape index (κ3) is 6.02. The lowest BCUT2D eigenvalue weighted by Gasteiger charge is -2.63. The van der Waals surface area contributed by atoms with Crippen LogP contribution >= 0.6 is 0 Å². The van der Waals surface area contributed by atoms with Crippen LogP contribution in [0.15, 0.2) is 127 Å². The van der Waals surface area contributed by atoms with Crippen molar-refractivity contribution in [3.8, 4) is 33.8 Å². The Balaban J connectivity index is 0.951. The van der Waals surface area contributed by atoms with Gasteiger partial charge in [0.05, 0.1) is 0 Å². The largest absolute Gasteiger partial charge is 0.456 e. The molecule has 4 saturated carbocycles. The molecule has 0 saturated heterocycles. The Morgan fingerprint density at radius 1 is 0.406 bits per heavy atom. The first-order chi connectivity index (χ1) is 30.6. The van der Waals surface area contributed by atoms with Crippen LogP contribution < -0.4 is 9.64 Å². The van der Waals surface area contributed by atoms with Crippen molar-refractivity contribution >= 4 is 17.1 Å². The predicted molar refractivity (Wildman–Crippen MR) is 267 cm³/mol. The number of nitrogens with zero attached hydrogens (tertiary/aromatic N) is 1. The molecule has 1 spiro atoms. The number of benzene rings is 6. The third-order valence-corrected chi connectivity index (χ3v) is 18.3. The minimum Gasteiger partial charge on any atom is -0.456 e. The molecule has 6 aliphatic carbocycles. The molecule has 6 aromatic rings. The van der Waals surface area contributed by atoms with Crippen LogP contribution in [0.2, 0.25) is 0 Å². The number of fused-ring (bicyclic) bond motifs is 4. The van der Waals surface area contributed by atoms with E-state index in [9.17, 15) is 0 Å². The van der Waals surface area contributed by atoms with E-state index in [0.717, 1.165) is 29.0 Å². The van der Waals surface area contributed by atoms with Gasteiger partial charge in [0.15, 0.2) is 0 Å². The number of para-hydroxylation sites is 2. The molecule has 0 aromatic heterocycles. The Morgan fingerprint density at radius 3 is 1.50 bits per heavy atom. The van der Waals surface area contributed by atoms with E-state index < -0.39 is 0 Å². The topological polar surface area (TPSA) is 12.5 Å². The Labute approximate surface area is 383 Å². The van der Waals surface area contributed by atoms with Gasteiger partial charge in [-0.1, -0.05) is 140 Å². The maximum atomic E-state index is 7.09.